The van der Waals surface area contributed by atoms with Gasteiger partial charge >= 0.3 is 0 Å². The number of hydrogen-bond acceptors (Lipinski definition) is 7. The van der Waals surface area contributed by atoms with Gasteiger partial charge in [0.2, 0.25) is 0 Å². The number of thiazole rings is 1. The third-order valence-electron chi connectivity index (χ3n) is 6.42. The van der Waals surface area contributed by atoms with Crippen molar-refractivity contribution in [3.63, 3.8) is 0 Å². The predicted molar refractivity (Wildman–Crippen MR) is 177 cm³/mol. The molecule has 0 bridgehead atoms. The Balaban J connectivity index is 1.29. The molecule has 0 fully saturated rings. The van der Waals surface area contributed by atoms with E-state index in [0.29, 0.717) is 28.7 Å². The van der Waals surface area contributed by atoms with Gasteiger partial charge in [0.1, 0.15) is 0 Å². The molecule has 0 saturated carbocycles. The highest BCUT2D eigenvalue weighted by atomic mass is 79.9. The Morgan fingerprint density at radius 1 is 1.05 bits per heavy atom. The Bertz CT molecular complexity index is 1480. The van der Waals surface area contributed by atoms with E-state index in [4.69, 9.17) is 21.1 Å². The molecule has 0 aliphatic heterocycles. The van der Waals surface area contributed by atoms with Crippen LogP contribution < -0.4 is 20.2 Å². The van der Waals surface area contributed by atoms with Gasteiger partial charge in [-0.1, -0.05) is 62.8 Å². The first-order valence-corrected chi connectivity index (χ1v) is 15.9. The molecule has 0 unspecified atom stereocenters. The minimum absolute atomic E-state index is 0.314. The number of carbonyl (C=O) groups is 1. The number of nitrogens with one attached hydrogen (secondary N) is 2. The molecule has 4 rings (SSSR count). The van der Waals surface area contributed by atoms with E-state index in [1.165, 1.54) is 37.0 Å². The summed E-state index contributed by atoms with van der Waals surface area (Å²) in [4.78, 5) is 17.3. The van der Waals surface area contributed by atoms with Crippen molar-refractivity contribution in [1.82, 2.24) is 10.4 Å². The second kappa shape index (κ2) is 16.3. The summed E-state index contributed by atoms with van der Waals surface area (Å²) in [6, 6.07) is 18.4. The lowest BCUT2D eigenvalue weighted by Crippen LogP contribution is -2.17. The second-order valence-corrected chi connectivity index (χ2v) is 11.7. The number of hydrogen-bond donors (Lipinski definition) is 2. The third kappa shape index (κ3) is 9.31. The highest BCUT2D eigenvalue weighted by Gasteiger charge is 2.12. The Kier molecular flexibility index (Phi) is 12.2. The van der Waals surface area contributed by atoms with Crippen molar-refractivity contribution in [2.24, 2.45) is 5.10 Å². The van der Waals surface area contributed by atoms with Crippen LogP contribution >= 0.6 is 38.9 Å². The van der Waals surface area contributed by atoms with Crippen molar-refractivity contribution < 1.29 is 14.3 Å². The van der Waals surface area contributed by atoms with Gasteiger partial charge in [-0.15, -0.1) is 11.3 Å². The fourth-order valence-electron chi connectivity index (χ4n) is 4.15. The zero-order valence-corrected chi connectivity index (χ0v) is 26.8. The number of ether oxygens (including phenoxy) is 2. The summed E-state index contributed by atoms with van der Waals surface area (Å²) in [5, 5.41) is 10.8. The van der Waals surface area contributed by atoms with E-state index >= 15 is 0 Å². The van der Waals surface area contributed by atoms with Crippen molar-refractivity contribution in [1.29, 1.82) is 0 Å². The number of benzene rings is 3. The predicted octanol–water partition coefficient (Wildman–Crippen LogP) is 9.48. The quantitative estimate of drug-likeness (QED) is 0.0748. The summed E-state index contributed by atoms with van der Waals surface area (Å²) in [5.41, 5.74) is 6.47. The summed E-state index contributed by atoms with van der Waals surface area (Å²) >= 11 is 11.0. The van der Waals surface area contributed by atoms with Gasteiger partial charge in [-0.05, 0) is 76.4 Å². The molecule has 0 atom stereocenters. The molecule has 0 radical (unpaired) electrons. The van der Waals surface area contributed by atoms with Gasteiger partial charge in [0, 0.05) is 27.2 Å². The number of hydrazone groups is 1. The lowest BCUT2D eigenvalue weighted by atomic mass is 10.1. The van der Waals surface area contributed by atoms with Crippen LogP contribution in [0.15, 0.2) is 75.6 Å². The van der Waals surface area contributed by atoms with Crippen LogP contribution in [0, 0.1) is 0 Å². The molecule has 7 nitrogen and oxygen atoms in total. The van der Waals surface area contributed by atoms with Crippen LogP contribution in [0.2, 0.25) is 5.02 Å². The first-order chi connectivity index (χ1) is 20.5. The highest BCUT2D eigenvalue weighted by Crippen LogP contribution is 2.36. The first kappa shape index (κ1) is 31.5. The van der Waals surface area contributed by atoms with Crippen molar-refractivity contribution in [2.75, 3.05) is 19.0 Å². The molecule has 1 aromatic heterocycles. The second-order valence-electron chi connectivity index (χ2n) is 9.60. The lowest BCUT2D eigenvalue weighted by molar-refractivity contribution is 0.0955. The molecule has 220 valence electrons. The van der Waals surface area contributed by atoms with Crippen molar-refractivity contribution in [2.45, 2.75) is 45.4 Å². The smallest absolute Gasteiger partial charge is 0.271 e. The van der Waals surface area contributed by atoms with Crippen LogP contribution in [-0.2, 0) is 0 Å². The number of rotatable bonds is 15. The SMILES string of the molecule is CCCCCCCCOc1c(Br)cc(/C=N\NC(=O)c2ccc(-c3csc(Nc4ccc(Cl)cc4)n3)cc2)cc1OC. The minimum Gasteiger partial charge on any atom is -0.493 e. The number of unbranched alkanes of at least 4 members (excludes halogenated alkanes) is 5. The standard InChI is InChI=1S/C32H34BrClN4O3S/c1-3-4-5-6-7-8-17-41-30-27(33)18-22(19-29(30)40-2)20-35-38-31(39)24-11-9-23(10-12-24)28-21-42-32(37-28)36-26-15-13-25(34)14-16-26/h9-16,18-21H,3-8,17H2,1-2H3,(H,36,37)(H,38,39)/b35-20-. The molecule has 0 saturated heterocycles. The molecule has 1 heterocycles. The van der Waals surface area contributed by atoms with E-state index in [-0.39, 0.29) is 5.91 Å². The van der Waals surface area contributed by atoms with E-state index < -0.39 is 0 Å². The van der Waals surface area contributed by atoms with Gasteiger partial charge < -0.3 is 14.8 Å². The summed E-state index contributed by atoms with van der Waals surface area (Å²) in [6.45, 7) is 2.85. The van der Waals surface area contributed by atoms with Crippen molar-refractivity contribution >= 4 is 61.8 Å². The van der Waals surface area contributed by atoms with E-state index in [1.54, 1.807) is 25.5 Å². The van der Waals surface area contributed by atoms with Gasteiger partial charge in [-0.3, -0.25) is 4.79 Å². The molecule has 42 heavy (non-hydrogen) atoms. The van der Waals surface area contributed by atoms with Gasteiger partial charge in [-0.2, -0.15) is 5.10 Å². The third-order valence-corrected chi connectivity index (χ3v) is 8.02. The van der Waals surface area contributed by atoms with Crippen LogP contribution in [0.1, 0.15) is 61.4 Å². The van der Waals surface area contributed by atoms with E-state index in [9.17, 15) is 4.79 Å². The summed E-state index contributed by atoms with van der Waals surface area (Å²) < 4.78 is 12.3. The maximum atomic E-state index is 12.7. The number of carbonyl (C=O) groups excluding carboxylic acids is 1. The molecular formula is C32H34BrClN4O3S. The molecule has 4 aromatic rings. The topological polar surface area (TPSA) is 84.8 Å². The molecule has 3 aromatic carbocycles. The summed E-state index contributed by atoms with van der Waals surface area (Å²) in [6.07, 6.45) is 8.77. The molecule has 0 spiro atoms. The monoisotopic (exact) mass is 668 g/mol. The molecule has 2 N–H and O–H groups in total. The average Bonchev–Trinajstić information content (AvgIpc) is 3.47. The van der Waals surface area contributed by atoms with Crippen LogP contribution in [0.25, 0.3) is 11.3 Å². The van der Waals surface area contributed by atoms with Crippen molar-refractivity contribution in [3.8, 4) is 22.8 Å². The van der Waals surface area contributed by atoms with E-state index in [0.717, 1.165) is 45.0 Å². The molecule has 0 aliphatic rings. The lowest BCUT2D eigenvalue weighted by Gasteiger charge is -2.13. The maximum Gasteiger partial charge on any atom is 0.271 e. The van der Waals surface area contributed by atoms with Crippen LogP contribution in [0.4, 0.5) is 10.8 Å². The van der Waals surface area contributed by atoms with Gasteiger partial charge in [0.25, 0.3) is 5.91 Å². The Morgan fingerprint density at radius 3 is 2.52 bits per heavy atom. The summed E-state index contributed by atoms with van der Waals surface area (Å²) in [7, 11) is 1.61. The average molecular weight is 670 g/mol. The van der Waals surface area contributed by atoms with E-state index in [1.807, 2.05) is 53.9 Å². The minimum atomic E-state index is -0.314. The van der Waals surface area contributed by atoms with Crippen LogP contribution in [-0.4, -0.2) is 30.8 Å². The van der Waals surface area contributed by atoms with Crippen LogP contribution in [0.5, 0.6) is 11.5 Å². The number of methoxy groups -OCH3 is 1. The van der Waals surface area contributed by atoms with Crippen molar-refractivity contribution in [3.05, 3.63) is 86.7 Å². The van der Waals surface area contributed by atoms with Crippen LogP contribution in [0.3, 0.4) is 0 Å². The normalized spacial score (nSPS) is 11.0. The first-order valence-electron chi connectivity index (χ1n) is 13.9. The molecule has 1 amide bonds. The molecular weight excluding hydrogens is 636 g/mol. The maximum absolute atomic E-state index is 12.7. The fourth-order valence-corrected chi connectivity index (χ4v) is 5.59. The zero-order chi connectivity index (χ0) is 29.7. The molecule has 0 aliphatic carbocycles. The molecule has 10 heteroatoms. The number of amides is 1. The largest absolute Gasteiger partial charge is 0.493 e. The number of halogens is 2. The number of aromatic nitrogens is 1. The van der Waals surface area contributed by atoms with Gasteiger partial charge in [0.15, 0.2) is 16.6 Å². The summed E-state index contributed by atoms with van der Waals surface area (Å²) in [5.74, 6) is 0.957. The number of anilines is 2. The zero-order valence-electron chi connectivity index (χ0n) is 23.7. The Labute approximate surface area is 264 Å². The van der Waals surface area contributed by atoms with E-state index in [2.05, 4.69) is 43.7 Å². The Hall–Kier alpha value is -3.40. The highest BCUT2D eigenvalue weighted by molar-refractivity contribution is 9.10. The Morgan fingerprint density at radius 2 is 1.79 bits per heavy atom. The fraction of sp³-hybridized carbons (Fsp3) is 0.281. The van der Waals surface area contributed by atoms with Gasteiger partial charge in [0.05, 0.1) is 30.1 Å². The number of nitrogens with zero attached hydrogens (tertiary/aromatic N) is 2. The van der Waals surface area contributed by atoms with Gasteiger partial charge in [-0.25, -0.2) is 10.4 Å².